The van der Waals surface area contributed by atoms with Gasteiger partial charge in [0.25, 0.3) is 11.8 Å². The van der Waals surface area contributed by atoms with Gasteiger partial charge in [-0.3, -0.25) is 19.4 Å². The van der Waals surface area contributed by atoms with Gasteiger partial charge in [-0.15, -0.1) is 0 Å². The Morgan fingerprint density at radius 1 is 0.667 bits per heavy atom. The number of imide groups is 2. The van der Waals surface area contributed by atoms with Gasteiger partial charge in [-0.05, 0) is 59.8 Å². The maximum Gasteiger partial charge on any atom is 0.327 e. The van der Waals surface area contributed by atoms with Crippen molar-refractivity contribution in [2.75, 3.05) is 13.1 Å². The molecular formula is C19H30N4O4. The summed E-state index contributed by atoms with van der Waals surface area (Å²) in [4.78, 5) is 53.3. The highest BCUT2D eigenvalue weighted by Gasteiger charge is 2.48. The first-order chi connectivity index (χ1) is 12.8. The van der Waals surface area contributed by atoms with E-state index in [0.717, 1.165) is 45.2 Å². The monoisotopic (exact) mass is 378 g/mol. The second-order valence-electron chi connectivity index (χ2n) is 8.23. The van der Waals surface area contributed by atoms with E-state index in [-0.39, 0.29) is 48.0 Å². The van der Waals surface area contributed by atoms with Crippen molar-refractivity contribution in [1.82, 2.24) is 19.6 Å². The minimum atomic E-state index is -0.154. The lowest BCUT2D eigenvalue weighted by molar-refractivity contribution is -0.130. The van der Waals surface area contributed by atoms with Gasteiger partial charge in [-0.1, -0.05) is 0 Å². The van der Waals surface area contributed by atoms with E-state index in [2.05, 4.69) is 0 Å². The molecule has 4 rings (SSSR count). The fraction of sp³-hybridized carbons (Fsp3) is 0.789. The normalized spacial score (nSPS) is 27.6. The molecule has 0 radical (unpaired) electrons. The summed E-state index contributed by atoms with van der Waals surface area (Å²) in [5.74, 6) is 0.00204. The number of rotatable bonds is 2. The average molecular weight is 378 g/mol. The number of fused-ring (bicyclic) bond motifs is 2. The third-order valence-electron chi connectivity index (χ3n) is 5.74. The van der Waals surface area contributed by atoms with Gasteiger partial charge < -0.3 is 9.80 Å². The molecule has 0 aromatic heterocycles. The molecule has 0 aromatic rings. The van der Waals surface area contributed by atoms with Crippen molar-refractivity contribution >= 4 is 23.9 Å². The molecule has 0 aromatic carbocycles. The molecular weight excluding hydrogens is 348 g/mol. The Morgan fingerprint density at radius 2 is 1.07 bits per heavy atom. The topological polar surface area (TPSA) is 81.2 Å². The summed E-state index contributed by atoms with van der Waals surface area (Å²) in [6, 6.07) is -0.503. The van der Waals surface area contributed by atoms with Crippen LogP contribution in [0.25, 0.3) is 0 Å². The van der Waals surface area contributed by atoms with Gasteiger partial charge in [0.2, 0.25) is 0 Å². The van der Waals surface area contributed by atoms with Crippen LogP contribution < -0.4 is 0 Å². The maximum absolute atomic E-state index is 11.9. The second kappa shape index (κ2) is 7.48. The van der Waals surface area contributed by atoms with Gasteiger partial charge in [0, 0.05) is 25.2 Å². The summed E-state index contributed by atoms with van der Waals surface area (Å²) >= 11 is 0. The highest BCUT2D eigenvalue weighted by Crippen LogP contribution is 2.29. The molecule has 4 aliphatic heterocycles. The van der Waals surface area contributed by atoms with E-state index in [9.17, 15) is 19.2 Å². The molecule has 8 heteroatoms. The Labute approximate surface area is 160 Å². The predicted octanol–water partition coefficient (Wildman–Crippen LogP) is 2.03. The molecule has 150 valence electrons. The van der Waals surface area contributed by atoms with Crippen molar-refractivity contribution in [1.29, 1.82) is 0 Å². The van der Waals surface area contributed by atoms with E-state index < -0.39 is 0 Å². The molecule has 4 aliphatic rings. The van der Waals surface area contributed by atoms with Crippen molar-refractivity contribution in [3.05, 3.63) is 0 Å². The SMILES string of the molecule is CC(C)N1C(=O)C2CCCCN2C1=O.CC(C)N1C(=O)C2CCCN2C1=O. The zero-order valence-electron chi connectivity index (χ0n) is 16.7. The molecule has 8 nitrogen and oxygen atoms in total. The van der Waals surface area contributed by atoms with E-state index in [1.165, 1.54) is 9.80 Å². The van der Waals surface area contributed by atoms with Crippen LogP contribution in [0.15, 0.2) is 0 Å². The molecule has 0 bridgehead atoms. The quantitative estimate of drug-likeness (QED) is 0.689. The first-order valence-corrected chi connectivity index (χ1v) is 10.0. The van der Waals surface area contributed by atoms with Crippen molar-refractivity contribution in [2.24, 2.45) is 0 Å². The Kier molecular flexibility index (Phi) is 5.44. The number of amides is 6. The molecule has 4 saturated heterocycles. The number of carbonyl (C=O) groups excluding carboxylic acids is 4. The van der Waals surface area contributed by atoms with Crippen LogP contribution in [0.2, 0.25) is 0 Å². The van der Waals surface area contributed by atoms with E-state index in [4.69, 9.17) is 0 Å². The van der Waals surface area contributed by atoms with E-state index >= 15 is 0 Å². The standard InChI is InChI=1S/C10H16N2O2.C9H14N2O2/c1-7(2)12-9(13)8-5-3-4-6-11(8)10(12)14;1-6(2)11-8(12)7-4-3-5-10(7)9(11)13/h7-8H,3-6H2,1-2H3;6-7H,3-5H2,1-2H3. The van der Waals surface area contributed by atoms with Crippen LogP contribution >= 0.6 is 0 Å². The van der Waals surface area contributed by atoms with Crippen LogP contribution in [0.1, 0.15) is 59.8 Å². The van der Waals surface area contributed by atoms with Crippen LogP contribution in [0.5, 0.6) is 0 Å². The van der Waals surface area contributed by atoms with Crippen LogP contribution in [-0.2, 0) is 9.59 Å². The number of hydrogen-bond acceptors (Lipinski definition) is 4. The van der Waals surface area contributed by atoms with Gasteiger partial charge in [0.15, 0.2) is 0 Å². The van der Waals surface area contributed by atoms with Gasteiger partial charge in [0.1, 0.15) is 12.1 Å². The molecule has 2 unspecified atom stereocenters. The maximum atomic E-state index is 11.9. The van der Waals surface area contributed by atoms with Crippen molar-refractivity contribution < 1.29 is 19.2 Å². The lowest BCUT2D eigenvalue weighted by atomic mass is 10.0. The van der Waals surface area contributed by atoms with Gasteiger partial charge in [0.05, 0.1) is 0 Å². The number of carbonyl (C=O) groups is 4. The summed E-state index contributed by atoms with van der Waals surface area (Å²) in [5, 5.41) is 0. The van der Waals surface area contributed by atoms with Crippen LogP contribution in [0.4, 0.5) is 9.59 Å². The number of hydrogen-bond donors (Lipinski definition) is 0. The Bertz CT molecular complexity index is 602. The summed E-state index contributed by atoms with van der Waals surface area (Å²) in [6.45, 7) is 9.01. The Morgan fingerprint density at radius 3 is 1.48 bits per heavy atom. The Balaban J connectivity index is 0.000000156. The molecule has 0 spiro atoms. The lowest BCUT2D eigenvalue weighted by Crippen LogP contribution is -2.39. The first-order valence-electron chi connectivity index (χ1n) is 10.0. The van der Waals surface area contributed by atoms with E-state index in [1.807, 2.05) is 27.7 Å². The number of nitrogens with zero attached hydrogens (tertiary/aromatic N) is 4. The van der Waals surface area contributed by atoms with Gasteiger partial charge >= 0.3 is 12.1 Å². The molecule has 0 aliphatic carbocycles. The van der Waals surface area contributed by atoms with Crippen molar-refractivity contribution in [3.8, 4) is 0 Å². The highest BCUT2D eigenvalue weighted by molar-refractivity contribution is 6.05. The van der Waals surface area contributed by atoms with Crippen LogP contribution in [0.3, 0.4) is 0 Å². The molecule has 0 saturated carbocycles. The highest BCUT2D eigenvalue weighted by atomic mass is 16.2. The molecule has 4 heterocycles. The summed E-state index contributed by atoms with van der Waals surface area (Å²) in [5.41, 5.74) is 0. The molecule has 6 amide bonds. The zero-order valence-corrected chi connectivity index (χ0v) is 16.7. The average Bonchev–Trinajstić information content (AvgIpc) is 3.25. The fourth-order valence-electron chi connectivity index (χ4n) is 4.41. The smallest absolute Gasteiger partial charge is 0.312 e. The Hall–Kier alpha value is -2.12. The lowest BCUT2D eigenvalue weighted by Gasteiger charge is -2.26. The van der Waals surface area contributed by atoms with Gasteiger partial charge in [-0.2, -0.15) is 0 Å². The zero-order chi connectivity index (χ0) is 19.9. The minimum Gasteiger partial charge on any atom is -0.312 e. The summed E-state index contributed by atoms with van der Waals surface area (Å²) in [7, 11) is 0. The third-order valence-corrected chi connectivity index (χ3v) is 5.74. The number of piperidine rings is 1. The third kappa shape index (κ3) is 3.30. The number of urea groups is 2. The predicted molar refractivity (Wildman–Crippen MR) is 98.8 cm³/mol. The van der Waals surface area contributed by atoms with Crippen LogP contribution in [-0.4, -0.2) is 80.7 Å². The molecule has 4 fully saturated rings. The van der Waals surface area contributed by atoms with Crippen molar-refractivity contribution in [2.45, 2.75) is 84.0 Å². The molecule has 0 N–H and O–H groups in total. The van der Waals surface area contributed by atoms with E-state index in [0.29, 0.717) is 0 Å². The first kappa shape index (κ1) is 19.6. The molecule has 27 heavy (non-hydrogen) atoms. The minimum absolute atomic E-state index is 0.00231. The van der Waals surface area contributed by atoms with Gasteiger partial charge in [-0.25, -0.2) is 9.59 Å². The van der Waals surface area contributed by atoms with Crippen molar-refractivity contribution in [3.63, 3.8) is 0 Å². The van der Waals surface area contributed by atoms with E-state index in [1.54, 1.807) is 9.80 Å². The summed E-state index contributed by atoms with van der Waals surface area (Å²) in [6.07, 6.45) is 4.74. The second-order valence-corrected chi connectivity index (χ2v) is 8.23. The largest absolute Gasteiger partial charge is 0.327 e. The fourth-order valence-corrected chi connectivity index (χ4v) is 4.41. The summed E-state index contributed by atoms with van der Waals surface area (Å²) < 4.78 is 0. The van der Waals surface area contributed by atoms with Crippen LogP contribution in [0, 0.1) is 0 Å². The molecule has 2 atom stereocenters.